The number of fused-ring (bicyclic) bond motifs is 1. The third-order valence-corrected chi connectivity index (χ3v) is 9.13. The Morgan fingerprint density at radius 3 is 2.27 bits per heavy atom. The average Bonchev–Trinajstić information content (AvgIpc) is 2.49. The summed E-state index contributed by atoms with van der Waals surface area (Å²) in [5, 5.41) is 21.7. The van der Waals surface area contributed by atoms with E-state index in [0.717, 1.165) is 0 Å². The number of hydrogen-bond donors (Lipinski definition) is 3. The Labute approximate surface area is 131 Å². The minimum absolute atomic E-state index is 0.126. The van der Waals surface area contributed by atoms with E-state index in [1.807, 2.05) is 20.8 Å². The number of aliphatic hydroxyl groups excluding tert-OH is 1. The topological polar surface area (TPSA) is 107 Å². The molecule has 0 spiro atoms. The molecule has 0 aliphatic carbocycles. The Bertz CT molecular complexity index is 542. The van der Waals surface area contributed by atoms with Crippen molar-refractivity contribution in [1.82, 2.24) is 10.2 Å². The van der Waals surface area contributed by atoms with E-state index in [1.54, 1.807) is 13.8 Å². The van der Waals surface area contributed by atoms with Gasteiger partial charge in [-0.25, -0.2) is 4.79 Å². The lowest BCUT2D eigenvalue weighted by Crippen LogP contribution is -2.57. The molecule has 126 valence electrons. The molecule has 2 aliphatic rings. The van der Waals surface area contributed by atoms with Gasteiger partial charge in [0.15, 0.2) is 0 Å². The number of carboxylic acids is 1. The molecule has 2 amide bonds. The molecule has 3 N–H and O–H groups in total. The molecule has 2 rings (SSSR count). The van der Waals surface area contributed by atoms with Gasteiger partial charge in [0, 0.05) is 10.3 Å². The van der Waals surface area contributed by atoms with Crippen LogP contribution < -0.4 is 5.32 Å². The average molecular weight is 332 g/mol. The maximum atomic E-state index is 12.9. The number of β-lactam (4-membered cyclic amide) rings is 1. The lowest BCUT2D eigenvalue weighted by atomic mass is 9.98. The minimum Gasteiger partial charge on any atom is -0.480 e. The number of nitrogens with one attached hydrogen (secondary N) is 1. The van der Waals surface area contributed by atoms with Gasteiger partial charge in [-0.2, -0.15) is 0 Å². The van der Waals surface area contributed by atoms with Gasteiger partial charge in [0.05, 0.1) is 17.7 Å². The maximum Gasteiger partial charge on any atom is 0.327 e. The highest BCUT2D eigenvalue weighted by atomic mass is 32.3. The summed E-state index contributed by atoms with van der Waals surface area (Å²) in [5.74, 6) is -1.81. The van der Waals surface area contributed by atoms with E-state index in [2.05, 4.69) is 5.32 Å². The zero-order valence-electron chi connectivity index (χ0n) is 13.5. The molecule has 0 aromatic heterocycles. The zero-order valence-corrected chi connectivity index (χ0v) is 14.4. The van der Waals surface area contributed by atoms with Crippen LogP contribution in [0.15, 0.2) is 0 Å². The monoisotopic (exact) mass is 332 g/mol. The summed E-state index contributed by atoms with van der Waals surface area (Å²) in [6.07, 6.45) is 0.126. The molecule has 0 saturated carbocycles. The van der Waals surface area contributed by atoms with Crippen LogP contribution in [0.25, 0.3) is 0 Å². The van der Waals surface area contributed by atoms with Crippen molar-refractivity contribution in [1.29, 1.82) is 0 Å². The number of amides is 2. The number of nitrogens with zero attached hydrogens (tertiary/aromatic N) is 1. The van der Waals surface area contributed by atoms with E-state index in [4.69, 9.17) is 0 Å². The number of carbonyl (C=O) groups excluding carboxylic acids is 2. The lowest BCUT2D eigenvalue weighted by Gasteiger charge is -2.49. The number of carboxylic acid groups (broad SMARTS) is 1. The fraction of sp³-hybridized carbons (Fsp3) is 0.786. The minimum atomic E-state index is -2.43. The number of aliphatic carboxylic acids is 1. The first-order chi connectivity index (χ1) is 9.90. The van der Waals surface area contributed by atoms with E-state index in [-0.39, 0.29) is 17.6 Å². The Balaban J connectivity index is 2.53. The third kappa shape index (κ3) is 2.04. The number of hydrogen-bond acceptors (Lipinski definition) is 4. The molecule has 0 radical (unpaired) electrons. The summed E-state index contributed by atoms with van der Waals surface area (Å²) in [7, 11) is -2.43. The van der Waals surface area contributed by atoms with Gasteiger partial charge < -0.3 is 20.4 Å². The fourth-order valence-corrected chi connectivity index (χ4v) is 7.62. The second-order valence-electron chi connectivity index (χ2n) is 7.39. The van der Waals surface area contributed by atoms with Crippen LogP contribution in [0.2, 0.25) is 0 Å². The summed E-state index contributed by atoms with van der Waals surface area (Å²) >= 11 is 0. The van der Waals surface area contributed by atoms with E-state index >= 15 is 0 Å². The summed E-state index contributed by atoms with van der Waals surface area (Å²) in [4.78, 5) is 37.8. The van der Waals surface area contributed by atoms with Gasteiger partial charge in [-0.3, -0.25) is 9.59 Å². The Kier molecular flexibility index (Phi) is 3.77. The molecule has 2 fully saturated rings. The number of carbonyl (C=O) groups is 3. The summed E-state index contributed by atoms with van der Waals surface area (Å²) in [6, 6.07) is -1.08. The van der Waals surface area contributed by atoms with Crippen molar-refractivity contribution in [2.45, 2.75) is 62.7 Å². The van der Waals surface area contributed by atoms with Crippen LogP contribution in [0, 0.1) is 0 Å². The largest absolute Gasteiger partial charge is 0.480 e. The zero-order chi connectivity index (χ0) is 17.1. The van der Waals surface area contributed by atoms with Crippen LogP contribution >= 0.6 is 10.0 Å². The molecule has 7 nitrogen and oxygen atoms in total. The Hall–Kier alpha value is -1.28. The molecular weight excluding hydrogens is 308 g/mol. The van der Waals surface area contributed by atoms with Crippen LogP contribution in [0.3, 0.4) is 0 Å². The summed E-state index contributed by atoms with van der Waals surface area (Å²) in [5.41, 5.74) is -0.498. The molecular formula is C14H24N2O5S. The normalized spacial score (nSPS) is 36.1. The molecule has 2 aliphatic heterocycles. The maximum absolute atomic E-state index is 12.9. The Morgan fingerprint density at radius 2 is 1.95 bits per heavy atom. The van der Waals surface area contributed by atoms with Crippen LogP contribution in [0.1, 0.15) is 41.0 Å². The van der Waals surface area contributed by atoms with Crippen LogP contribution in [0.5, 0.6) is 0 Å². The SMILES string of the molecule is CC(C)(C)NC(=O)S1(CO)[C@@H]2CC(=O)N2[C@@H](C(=O)O)C1(C)C. The molecule has 1 unspecified atom stereocenters. The second kappa shape index (κ2) is 4.86. The van der Waals surface area contributed by atoms with Crippen LogP contribution in [-0.4, -0.2) is 59.9 Å². The van der Waals surface area contributed by atoms with E-state index in [1.165, 1.54) is 4.90 Å². The van der Waals surface area contributed by atoms with Crippen molar-refractivity contribution in [3.05, 3.63) is 0 Å². The van der Waals surface area contributed by atoms with Crippen molar-refractivity contribution in [2.24, 2.45) is 0 Å². The van der Waals surface area contributed by atoms with Gasteiger partial charge >= 0.3 is 5.97 Å². The van der Waals surface area contributed by atoms with E-state index in [9.17, 15) is 24.6 Å². The molecule has 3 atom stereocenters. The quantitative estimate of drug-likeness (QED) is 0.655. The van der Waals surface area contributed by atoms with Crippen molar-refractivity contribution in [2.75, 3.05) is 5.94 Å². The lowest BCUT2D eigenvalue weighted by molar-refractivity contribution is -0.157. The summed E-state index contributed by atoms with van der Waals surface area (Å²) < 4.78 is -1.00. The second-order valence-corrected chi connectivity index (χ2v) is 11.2. The van der Waals surface area contributed by atoms with Crippen LogP contribution in [-0.2, 0) is 9.59 Å². The van der Waals surface area contributed by atoms with Gasteiger partial charge in [0.2, 0.25) is 5.91 Å². The molecule has 8 heteroatoms. The molecule has 2 saturated heterocycles. The van der Waals surface area contributed by atoms with Crippen molar-refractivity contribution in [3.63, 3.8) is 0 Å². The summed E-state index contributed by atoms with van der Waals surface area (Å²) in [6.45, 7) is 8.83. The van der Waals surface area contributed by atoms with Gasteiger partial charge in [0.1, 0.15) is 6.04 Å². The molecule has 0 bridgehead atoms. The standard InChI is InChI=1S/C14H24N2O5S/c1-13(2,3)15-12(21)22(7-17)9-6-8(18)16(9)10(11(19)20)14(22,4)5/h9-10,17H,6-7H2,1-5H3,(H,15,21)(H,19,20)/t9-,10+/m1/s1. The van der Waals surface area contributed by atoms with Gasteiger partial charge in [-0.15, -0.1) is 10.0 Å². The first-order valence-electron chi connectivity index (χ1n) is 7.16. The number of aliphatic hydroxyl groups is 1. The van der Waals surface area contributed by atoms with E-state index in [0.29, 0.717) is 0 Å². The molecule has 0 aromatic carbocycles. The number of rotatable bonds is 2. The first kappa shape index (κ1) is 17.1. The highest BCUT2D eigenvalue weighted by Crippen LogP contribution is 2.73. The van der Waals surface area contributed by atoms with Gasteiger partial charge in [0.25, 0.3) is 5.24 Å². The molecule has 0 aromatic rings. The predicted molar refractivity (Wildman–Crippen MR) is 83.7 cm³/mol. The highest BCUT2D eigenvalue weighted by molar-refractivity contribution is 8.46. The molecule has 22 heavy (non-hydrogen) atoms. The van der Waals surface area contributed by atoms with Crippen molar-refractivity contribution in [3.8, 4) is 0 Å². The smallest absolute Gasteiger partial charge is 0.327 e. The fourth-order valence-electron chi connectivity index (χ4n) is 3.42. The van der Waals surface area contributed by atoms with Crippen molar-refractivity contribution >= 4 is 27.1 Å². The molecule has 2 heterocycles. The third-order valence-electron chi connectivity index (χ3n) is 4.53. The van der Waals surface area contributed by atoms with E-state index < -0.39 is 43.6 Å². The first-order valence-corrected chi connectivity index (χ1v) is 9.03. The van der Waals surface area contributed by atoms with Crippen molar-refractivity contribution < 1.29 is 24.6 Å². The van der Waals surface area contributed by atoms with Gasteiger partial charge in [-0.05, 0) is 34.6 Å². The Morgan fingerprint density at radius 1 is 1.41 bits per heavy atom. The highest BCUT2D eigenvalue weighted by Gasteiger charge is 2.71. The van der Waals surface area contributed by atoms with Crippen LogP contribution in [0.4, 0.5) is 4.79 Å². The predicted octanol–water partition coefficient (Wildman–Crippen LogP) is 1.05. The van der Waals surface area contributed by atoms with Gasteiger partial charge in [-0.1, -0.05) is 0 Å².